The van der Waals surface area contributed by atoms with Crippen LogP contribution in [0.25, 0.3) is 0 Å². The Morgan fingerprint density at radius 1 is 1.21 bits per heavy atom. The first-order valence-electron chi connectivity index (χ1n) is 13.1. The second kappa shape index (κ2) is 10.2. The van der Waals surface area contributed by atoms with E-state index in [9.17, 15) is 24.3 Å². The molecule has 0 aromatic heterocycles. The van der Waals surface area contributed by atoms with Gasteiger partial charge in [-0.2, -0.15) is 0 Å². The third-order valence-corrected chi connectivity index (χ3v) is 8.21. The highest BCUT2D eigenvalue weighted by atomic mass is 16.6. The van der Waals surface area contributed by atoms with Gasteiger partial charge >= 0.3 is 12.1 Å². The second-order valence-electron chi connectivity index (χ2n) is 11.5. The summed E-state index contributed by atoms with van der Waals surface area (Å²) in [5, 5.41) is 10.7. The Balaban J connectivity index is 1.89. The van der Waals surface area contributed by atoms with Crippen LogP contribution in [0.5, 0.6) is 5.75 Å². The Labute approximate surface area is 223 Å². The summed E-state index contributed by atoms with van der Waals surface area (Å²) in [5.41, 5.74) is -2.71. The number of aliphatic hydroxyl groups excluding tert-OH is 1. The lowest BCUT2D eigenvalue weighted by Crippen LogP contribution is -2.75. The SMILES string of the molecule is CCOC(=O)C[C@]12[C@@H]3CCN(C(=O)OC(C)(C)C)[C@H]1[C@](C=O)(CO)C[C@H]3C(=O)N2Cc1ccc(OC)cc1. The molecule has 4 rings (SSSR count). The molecule has 5 atom stereocenters. The molecule has 3 aliphatic rings. The molecule has 2 saturated heterocycles. The van der Waals surface area contributed by atoms with Crippen LogP contribution in [0.15, 0.2) is 24.3 Å². The van der Waals surface area contributed by atoms with Crippen molar-refractivity contribution in [1.82, 2.24) is 9.80 Å². The highest BCUT2D eigenvalue weighted by Crippen LogP contribution is 2.62. The molecule has 1 saturated carbocycles. The Hall–Kier alpha value is -3.14. The Bertz CT molecular complexity index is 1080. The van der Waals surface area contributed by atoms with Crippen molar-refractivity contribution in [2.75, 3.05) is 26.9 Å². The van der Waals surface area contributed by atoms with Crippen molar-refractivity contribution < 1.29 is 38.5 Å². The van der Waals surface area contributed by atoms with Crippen LogP contribution < -0.4 is 4.74 Å². The van der Waals surface area contributed by atoms with Crippen LogP contribution in [0.2, 0.25) is 0 Å². The van der Waals surface area contributed by atoms with Crippen molar-refractivity contribution >= 4 is 24.3 Å². The van der Waals surface area contributed by atoms with Gasteiger partial charge in [-0.15, -0.1) is 0 Å². The van der Waals surface area contributed by atoms with Crippen LogP contribution in [-0.2, 0) is 30.4 Å². The lowest BCUT2D eigenvalue weighted by atomic mass is 9.53. The van der Waals surface area contributed by atoms with Crippen LogP contribution in [0.3, 0.4) is 0 Å². The minimum absolute atomic E-state index is 0.0875. The molecule has 10 heteroatoms. The smallest absolute Gasteiger partial charge is 0.410 e. The molecule has 208 valence electrons. The summed E-state index contributed by atoms with van der Waals surface area (Å²) < 4.78 is 16.3. The van der Waals surface area contributed by atoms with Gasteiger partial charge in [0.1, 0.15) is 17.6 Å². The molecule has 0 unspecified atom stereocenters. The molecule has 0 radical (unpaired) electrons. The number of aldehydes is 1. The summed E-state index contributed by atoms with van der Waals surface area (Å²) in [6, 6.07) is 6.28. The van der Waals surface area contributed by atoms with Crippen LogP contribution in [0.1, 0.15) is 52.5 Å². The summed E-state index contributed by atoms with van der Waals surface area (Å²) in [4.78, 5) is 56.6. The van der Waals surface area contributed by atoms with Gasteiger partial charge in [0.25, 0.3) is 0 Å². The Kier molecular flexibility index (Phi) is 7.49. The molecule has 10 nitrogen and oxygen atoms in total. The number of likely N-dealkylation sites (tertiary alicyclic amines) is 2. The first-order chi connectivity index (χ1) is 18.0. The second-order valence-corrected chi connectivity index (χ2v) is 11.5. The maximum Gasteiger partial charge on any atom is 0.410 e. The van der Waals surface area contributed by atoms with E-state index in [1.165, 1.54) is 4.90 Å². The van der Waals surface area contributed by atoms with Gasteiger partial charge in [0.15, 0.2) is 0 Å². The molecule has 4 bridgehead atoms. The topological polar surface area (TPSA) is 123 Å². The monoisotopic (exact) mass is 530 g/mol. The summed E-state index contributed by atoms with van der Waals surface area (Å²) in [6.07, 6.45) is 0.345. The van der Waals surface area contributed by atoms with Crippen molar-refractivity contribution in [3.05, 3.63) is 29.8 Å². The number of hydrogen-bond acceptors (Lipinski definition) is 8. The van der Waals surface area contributed by atoms with Gasteiger partial charge in [-0.3, -0.25) is 9.59 Å². The number of ether oxygens (including phenoxy) is 3. The highest BCUT2D eigenvalue weighted by molar-refractivity contribution is 5.88. The summed E-state index contributed by atoms with van der Waals surface area (Å²) in [7, 11) is 1.57. The van der Waals surface area contributed by atoms with Crippen molar-refractivity contribution in [2.45, 2.75) is 70.7 Å². The average molecular weight is 531 g/mol. The van der Waals surface area contributed by atoms with Crippen LogP contribution >= 0.6 is 0 Å². The molecule has 2 amide bonds. The fourth-order valence-corrected chi connectivity index (χ4v) is 6.89. The van der Waals surface area contributed by atoms with Crippen LogP contribution in [0.4, 0.5) is 4.79 Å². The molecule has 38 heavy (non-hydrogen) atoms. The number of carbonyl (C=O) groups excluding carboxylic acids is 4. The van der Waals surface area contributed by atoms with Crippen molar-refractivity contribution in [3.63, 3.8) is 0 Å². The number of nitrogens with zero attached hydrogens (tertiary/aromatic N) is 2. The molecule has 1 N–H and O–H groups in total. The summed E-state index contributed by atoms with van der Waals surface area (Å²) in [5.74, 6) is -0.933. The van der Waals surface area contributed by atoms with E-state index < -0.39 is 47.2 Å². The number of rotatable bonds is 8. The number of esters is 1. The predicted molar refractivity (Wildman–Crippen MR) is 136 cm³/mol. The van der Waals surface area contributed by atoms with Crippen molar-refractivity contribution in [1.29, 1.82) is 0 Å². The first-order valence-corrected chi connectivity index (χ1v) is 13.1. The summed E-state index contributed by atoms with van der Waals surface area (Å²) in [6.45, 7) is 6.92. The largest absolute Gasteiger partial charge is 0.497 e. The van der Waals surface area contributed by atoms with E-state index in [4.69, 9.17) is 14.2 Å². The van der Waals surface area contributed by atoms with Gasteiger partial charge in [-0.1, -0.05) is 12.1 Å². The molecule has 3 fully saturated rings. The van der Waals surface area contributed by atoms with Gasteiger partial charge in [0.2, 0.25) is 5.91 Å². The van der Waals surface area contributed by atoms with E-state index in [0.717, 1.165) is 5.56 Å². The molecular weight excluding hydrogens is 492 g/mol. The van der Waals surface area contributed by atoms with E-state index in [0.29, 0.717) is 18.5 Å². The quantitative estimate of drug-likeness (QED) is 0.402. The number of aliphatic hydroxyl groups is 1. The zero-order chi connectivity index (χ0) is 27.9. The van der Waals surface area contributed by atoms with E-state index in [2.05, 4.69) is 0 Å². The number of piperidine rings is 1. The molecule has 1 aromatic carbocycles. The van der Waals surface area contributed by atoms with Gasteiger partial charge in [-0.25, -0.2) is 4.79 Å². The van der Waals surface area contributed by atoms with Crippen LogP contribution in [-0.4, -0.2) is 83.2 Å². The van der Waals surface area contributed by atoms with Crippen molar-refractivity contribution in [2.24, 2.45) is 17.3 Å². The third kappa shape index (κ3) is 4.52. The number of methoxy groups -OCH3 is 1. The van der Waals surface area contributed by atoms with Gasteiger partial charge in [-0.05, 0) is 64.2 Å². The number of amides is 2. The standard InChI is InChI=1S/C28H38N2O8/c1-6-37-22(33)14-28-21-11-12-29(25(35)38-26(2,3)4)24(28)27(16-31,17-32)13-20(21)23(34)30(28)15-18-7-9-19(36-5)10-8-18/h7-10,16,20-21,24,32H,6,11-15,17H2,1-5H3/t20-,21-,24+,27-,28+/m1/s1. The fraction of sp³-hybridized carbons (Fsp3) is 0.643. The van der Waals surface area contributed by atoms with E-state index in [1.54, 1.807) is 51.8 Å². The Morgan fingerprint density at radius 3 is 2.45 bits per heavy atom. The van der Waals surface area contributed by atoms with Gasteiger partial charge < -0.3 is 33.9 Å². The summed E-state index contributed by atoms with van der Waals surface area (Å²) >= 11 is 0. The molecule has 0 spiro atoms. The minimum atomic E-state index is -1.45. The average Bonchev–Trinajstić information content (AvgIpc) is 3.02. The normalized spacial score (nSPS) is 30.2. The zero-order valence-corrected chi connectivity index (χ0v) is 22.8. The zero-order valence-electron chi connectivity index (χ0n) is 22.8. The lowest BCUT2D eigenvalue weighted by molar-refractivity contribution is -0.169. The molecular formula is C28H38N2O8. The third-order valence-electron chi connectivity index (χ3n) is 8.21. The van der Waals surface area contributed by atoms with Crippen LogP contribution in [0, 0.1) is 17.3 Å². The Morgan fingerprint density at radius 2 is 1.89 bits per heavy atom. The molecule has 1 aliphatic carbocycles. The van der Waals surface area contributed by atoms with Crippen molar-refractivity contribution in [3.8, 4) is 5.75 Å². The van der Waals surface area contributed by atoms with E-state index >= 15 is 0 Å². The molecule has 2 heterocycles. The minimum Gasteiger partial charge on any atom is -0.497 e. The predicted octanol–water partition coefficient (Wildman–Crippen LogP) is 2.55. The maximum atomic E-state index is 14.0. The molecule has 1 aromatic rings. The number of carbonyl (C=O) groups is 4. The fourth-order valence-electron chi connectivity index (χ4n) is 6.89. The van der Waals surface area contributed by atoms with Gasteiger partial charge in [0.05, 0.1) is 43.7 Å². The van der Waals surface area contributed by atoms with E-state index in [1.807, 2.05) is 12.1 Å². The maximum absolute atomic E-state index is 14.0. The highest BCUT2D eigenvalue weighted by Gasteiger charge is 2.74. The van der Waals surface area contributed by atoms with Gasteiger partial charge in [0, 0.05) is 19.0 Å². The van der Waals surface area contributed by atoms with E-state index in [-0.39, 0.29) is 44.4 Å². The number of benzene rings is 1. The first kappa shape index (κ1) is 27.9. The number of hydrogen-bond donors (Lipinski definition) is 1. The molecule has 2 aliphatic heterocycles. The lowest BCUT2D eigenvalue weighted by Gasteiger charge is -2.61.